The maximum absolute atomic E-state index is 5.56. The first-order chi connectivity index (χ1) is 6.35. The number of ether oxygens (including phenoxy) is 1. The van der Waals surface area contributed by atoms with E-state index in [0.717, 1.165) is 12.6 Å². The zero-order valence-electron chi connectivity index (χ0n) is 8.34. The molecule has 0 amide bonds. The van der Waals surface area contributed by atoms with Crippen LogP contribution in [0.2, 0.25) is 0 Å². The average Bonchev–Trinajstić information content (AvgIpc) is 2.56. The van der Waals surface area contributed by atoms with Gasteiger partial charge in [0, 0.05) is 25.4 Å². The Bertz CT molecular complexity index is 159. The molecule has 76 valence electrons. The fourth-order valence-corrected chi connectivity index (χ4v) is 3.24. The predicted molar refractivity (Wildman–Crippen MR) is 57.3 cm³/mol. The smallest absolute Gasteiger partial charge is 0.0802 e. The Hall–Kier alpha value is 0.270. The van der Waals surface area contributed by atoms with Crippen molar-refractivity contribution in [3.05, 3.63) is 0 Å². The summed E-state index contributed by atoms with van der Waals surface area (Å²) >= 11 is 2.06. The number of thioether (sulfide) groups is 1. The van der Waals surface area contributed by atoms with Crippen molar-refractivity contribution in [1.82, 2.24) is 5.32 Å². The molecule has 1 unspecified atom stereocenters. The van der Waals surface area contributed by atoms with Crippen molar-refractivity contribution in [1.29, 1.82) is 0 Å². The quantitative estimate of drug-likeness (QED) is 0.747. The zero-order valence-corrected chi connectivity index (χ0v) is 9.16. The van der Waals surface area contributed by atoms with Gasteiger partial charge < -0.3 is 10.1 Å². The van der Waals surface area contributed by atoms with Crippen LogP contribution in [0.5, 0.6) is 0 Å². The first-order valence-corrected chi connectivity index (χ1v) is 6.36. The third-order valence-electron chi connectivity index (χ3n) is 3.34. The third kappa shape index (κ3) is 2.20. The highest BCUT2D eigenvalue weighted by Gasteiger charge is 2.37. The van der Waals surface area contributed by atoms with Gasteiger partial charge in [-0.3, -0.25) is 0 Å². The van der Waals surface area contributed by atoms with Crippen LogP contribution in [-0.4, -0.2) is 36.8 Å². The number of nitrogens with one attached hydrogen (secondary N) is 1. The van der Waals surface area contributed by atoms with Gasteiger partial charge in [0.15, 0.2) is 0 Å². The summed E-state index contributed by atoms with van der Waals surface area (Å²) in [6.07, 6.45) is 5.17. The molecule has 2 aliphatic rings. The lowest BCUT2D eigenvalue weighted by Gasteiger charge is -2.41. The molecule has 0 spiro atoms. The molecule has 3 heteroatoms. The molecule has 2 fully saturated rings. The van der Waals surface area contributed by atoms with Gasteiger partial charge in [0.25, 0.3) is 0 Å². The molecule has 1 heterocycles. The van der Waals surface area contributed by atoms with Crippen LogP contribution in [0.4, 0.5) is 0 Å². The molecule has 1 atom stereocenters. The van der Waals surface area contributed by atoms with E-state index in [9.17, 15) is 0 Å². The summed E-state index contributed by atoms with van der Waals surface area (Å²) in [6, 6.07) is 0.748. The Balaban J connectivity index is 1.71. The van der Waals surface area contributed by atoms with Crippen molar-refractivity contribution < 1.29 is 4.74 Å². The Morgan fingerprint density at radius 3 is 2.85 bits per heavy atom. The Morgan fingerprint density at radius 1 is 1.54 bits per heavy atom. The minimum Gasteiger partial charge on any atom is -0.377 e. The Kier molecular flexibility index (Phi) is 3.17. The largest absolute Gasteiger partial charge is 0.377 e. The molecular formula is C10H19NOS. The summed E-state index contributed by atoms with van der Waals surface area (Å²) in [6.45, 7) is 1.06. The maximum atomic E-state index is 5.56. The van der Waals surface area contributed by atoms with Gasteiger partial charge in [0.2, 0.25) is 0 Å². The monoisotopic (exact) mass is 201 g/mol. The summed E-state index contributed by atoms with van der Waals surface area (Å²) in [5.41, 5.74) is 0.202. The van der Waals surface area contributed by atoms with Crippen molar-refractivity contribution in [2.24, 2.45) is 0 Å². The lowest BCUT2D eigenvalue weighted by molar-refractivity contribution is -0.0704. The molecule has 2 nitrogen and oxygen atoms in total. The van der Waals surface area contributed by atoms with E-state index in [1.165, 1.54) is 37.2 Å². The van der Waals surface area contributed by atoms with Gasteiger partial charge >= 0.3 is 0 Å². The van der Waals surface area contributed by atoms with E-state index in [2.05, 4.69) is 17.1 Å². The third-order valence-corrected chi connectivity index (χ3v) is 4.50. The van der Waals surface area contributed by atoms with Gasteiger partial charge in [0.05, 0.1) is 5.60 Å². The van der Waals surface area contributed by atoms with E-state index in [1.807, 2.05) is 7.11 Å². The van der Waals surface area contributed by atoms with E-state index < -0.39 is 0 Å². The molecular weight excluding hydrogens is 182 g/mol. The zero-order chi connectivity index (χ0) is 9.15. The number of hydrogen-bond acceptors (Lipinski definition) is 3. The van der Waals surface area contributed by atoms with Crippen molar-refractivity contribution in [2.75, 3.05) is 25.2 Å². The lowest BCUT2D eigenvalue weighted by Crippen LogP contribution is -2.50. The molecule has 0 aromatic heterocycles. The maximum Gasteiger partial charge on any atom is 0.0802 e. The van der Waals surface area contributed by atoms with Gasteiger partial charge in [-0.05, 0) is 31.4 Å². The number of hydrogen-bond donors (Lipinski definition) is 1. The van der Waals surface area contributed by atoms with E-state index in [4.69, 9.17) is 4.74 Å². The topological polar surface area (TPSA) is 21.3 Å². The van der Waals surface area contributed by atoms with Gasteiger partial charge in [-0.2, -0.15) is 11.8 Å². The van der Waals surface area contributed by atoms with Crippen LogP contribution in [0, 0.1) is 0 Å². The van der Waals surface area contributed by atoms with Crippen LogP contribution in [0.3, 0.4) is 0 Å². The Morgan fingerprint density at radius 2 is 2.38 bits per heavy atom. The highest BCUT2D eigenvalue weighted by molar-refractivity contribution is 7.99. The fourth-order valence-electron chi connectivity index (χ4n) is 2.05. The first-order valence-electron chi connectivity index (χ1n) is 5.21. The highest BCUT2D eigenvalue weighted by atomic mass is 32.2. The normalized spacial score (nSPS) is 31.6. The average molecular weight is 201 g/mol. The molecule has 1 N–H and O–H groups in total. The van der Waals surface area contributed by atoms with Gasteiger partial charge in [-0.15, -0.1) is 0 Å². The molecule has 2 rings (SSSR count). The SMILES string of the molecule is COC1(CNC2CCSC2)CCC1. The van der Waals surface area contributed by atoms with E-state index in [-0.39, 0.29) is 5.60 Å². The van der Waals surface area contributed by atoms with E-state index >= 15 is 0 Å². The Labute approximate surface area is 84.8 Å². The van der Waals surface area contributed by atoms with Crippen LogP contribution in [0.15, 0.2) is 0 Å². The fraction of sp³-hybridized carbons (Fsp3) is 1.00. The summed E-state index contributed by atoms with van der Waals surface area (Å²) < 4.78 is 5.56. The molecule has 1 saturated heterocycles. The lowest BCUT2D eigenvalue weighted by atomic mass is 9.80. The van der Waals surface area contributed by atoms with Gasteiger partial charge in [0.1, 0.15) is 0 Å². The molecule has 0 radical (unpaired) electrons. The standard InChI is InChI=1S/C10H19NOS/c1-12-10(4-2-5-10)8-11-9-3-6-13-7-9/h9,11H,2-8H2,1H3. The van der Waals surface area contributed by atoms with Crippen molar-refractivity contribution in [3.63, 3.8) is 0 Å². The van der Waals surface area contributed by atoms with Gasteiger partial charge in [-0.1, -0.05) is 0 Å². The summed E-state index contributed by atoms with van der Waals surface area (Å²) in [4.78, 5) is 0. The minimum absolute atomic E-state index is 0.202. The first kappa shape index (κ1) is 9.81. The van der Waals surface area contributed by atoms with Gasteiger partial charge in [-0.25, -0.2) is 0 Å². The minimum atomic E-state index is 0.202. The second-order valence-corrected chi connectivity index (χ2v) is 5.33. The summed E-state index contributed by atoms with van der Waals surface area (Å²) in [5.74, 6) is 2.62. The van der Waals surface area contributed by atoms with E-state index in [0.29, 0.717) is 0 Å². The van der Waals surface area contributed by atoms with E-state index in [1.54, 1.807) is 0 Å². The molecule has 13 heavy (non-hydrogen) atoms. The molecule has 0 aromatic rings. The predicted octanol–water partition coefficient (Wildman–Crippen LogP) is 1.65. The van der Waals surface area contributed by atoms with Crippen molar-refractivity contribution >= 4 is 11.8 Å². The van der Waals surface area contributed by atoms with Crippen LogP contribution < -0.4 is 5.32 Å². The highest BCUT2D eigenvalue weighted by Crippen LogP contribution is 2.34. The summed E-state index contributed by atoms with van der Waals surface area (Å²) in [5, 5.41) is 3.63. The van der Waals surface area contributed by atoms with Crippen LogP contribution in [0.25, 0.3) is 0 Å². The molecule has 0 bridgehead atoms. The summed E-state index contributed by atoms with van der Waals surface area (Å²) in [7, 11) is 1.85. The van der Waals surface area contributed by atoms with Crippen molar-refractivity contribution in [3.8, 4) is 0 Å². The van der Waals surface area contributed by atoms with Crippen LogP contribution in [-0.2, 0) is 4.74 Å². The second-order valence-electron chi connectivity index (χ2n) is 4.18. The van der Waals surface area contributed by atoms with Crippen LogP contribution in [0.1, 0.15) is 25.7 Å². The molecule has 0 aromatic carbocycles. The molecule has 1 saturated carbocycles. The molecule has 1 aliphatic carbocycles. The number of rotatable bonds is 4. The second kappa shape index (κ2) is 4.20. The van der Waals surface area contributed by atoms with Crippen LogP contribution >= 0.6 is 11.8 Å². The molecule has 1 aliphatic heterocycles. The number of methoxy groups -OCH3 is 1. The van der Waals surface area contributed by atoms with Crippen molar-refractivity contribution in [2.45, 2.75) is 37.3 Å².